The highest BCUT2D eigenvalue weighted by Gasteiger charge is 2.40. The predicted molar refractivity (Wildman–Crippen MR) is 58.4 cm³/mol. The first-order valence-electron chi connectivity index (χ1n) is 4.92. The van der Waals surface area contributed by atoms with E-state index in [4.69, 9.17) is 9.47 Å². The molecule has 0 aromatic carbocycles. The Hall–Kier alpha value is -0.930. The Morgan fingerprint density at radius 1 is 1.20 bits per heavy atom. The molecule has 0 atom stereocenters. The van der Waals surface area contributed by atoms with Gasteiger partial charge in [-0.05, 0) is 23.6 Å². The summed E-state index contributed by atoms with van der Waals surface area (Å²) in [7, 11) is 3.15. The third-order valence-electron chi connectivity index (χ3n) is 2.54. The Bertz CT molecular complexity index is 314. The summed E-state index contributed by atoms with van der Waals surface area (Å²) >= 11 is 0. The maximum absolute atomic E-state index is 11.4. The van der Waals surface area contributed by atoms with Crippen LogP contribution in [0, 0.1) is 5.41 Å². The summed E-state index contributed by atoms with van der Waals surface area (Å²) in [5.41, 5.74) is 0.666. The zero-order chi connectivity index (χ0) is 11.7. The lowest BCUT2D eigenvalue weighted by atomic mass is 9.78. The number of carbonyl (C=O) groups excluding carboxylic acids is 1. The quantitative estimate of drug-likeness (QED) is 0.655. The van der Waals surface area contributed by atoms with Crippen molar-refractivity contribution in [3.05, 3.63) is 23.8 Å². The van der Waals surface area contributed by atoms with Crippen molar-refractivity contribution in [2.75, 3.05) is 14.2 Å². The topological polar surface area (TPSA) is 35.5 Å². The van der Waals surface area contributed by atoms with E-state index in [-0.39, 0.29) is 11.2 Å². The van der Waals surface area contributed by atoms with Crippen LogP contribution in [0.5, 0.6) is 0 Å². The zero-order valence-corrected chi connectivity index (χ0v) is 9.96. The minimum absolute atomic E-state index is 0.0235. The third kappa shape index (κ3) is 2.19. The highest BCUT2D eigenvalue weighted by Crippen LogP contribution is 2.39. The minimum atomic E-state index is -0.897. The van der Waals surface area contributed by atoms with Crippen LogP contribution in [0.4, 0.5) is 0 Å². The molecule has 0 saturated carbocycles. The molecular weight excluding hydrogens is 192 g/mol. The Labute approximate surface area is 90.8 Å². The van der Waals surface area contributed by atoms with Crippen LogP contribution in [0.1, 0.15) is 20.8 Å². The second-order valence-electron chi connectivity index (χ2n) is 4.62. The molecule has 15 heavy (non-hydrogen) atoms. The molecule has 1 rings (SSSR count). The normalized spacial score (nSPS) is 20.3. The SMILES string of the molecule is COC1(OC)C=CC(=O)C=C1C(C)(C)C. The summed E-state index contributed by atoms with van der Waals surface area (Å²) in [4.78, 5) is 11.4. The van der Waals surface area contributed by atoms with Crippen LogP contribution in [0.15, 0.2) is 23.8 Å². The number of rotatable bonds is 2. The van der Waals surface area contributed by atoms with E-state index in [1.807, 2.05) is 20.8 Å². The van der Waals surface area contributed by atoms with Gasteiger partial charge in [0.15, 0.2) is 5.78 Å². The van der Waals surface area contributed by atoms with E-state index in [1.54, 1.807) is 26.4 Å². The van der Waals surface area contributed by atoms with Crippen molar-refractivity contribution in [3.63, 3.8) is 0 Å². The second kappa shape index (κ2) is 3.91. The molecule has 0 saturated heterocycles. The van der Waals surface area contributed by atoms with Crippen molar-refractivity contribution >= 4 is 5.78 Å². The van der Waals surface area contributed by atoms with Gasteiger partial charge in [0.2, 0.25) is 5.79 Å². The summed E-state index contributed by atoms with van der Waals surface area (Å²) in [6, 6.07) is 0. The van der Waals surface area contributed by atoms with Crippen LogP contribution >= 0.6 is 0 Å². The molecule has 3 heteroatoms. The van der Waals surface area contributed by atoms with Crippen LogP contribution in [0.2, 0.25) is 0 Å². The lowest BCUT2D eigenvalue weighted by Gasteiger charge is -2.38. The van der Waals surface area contributed by atoms with Crippen LogP contribution in [-0.2, 0) is 14.3 Å². The van der Waals surface area contributed by atoms with E-state index in [1.165, 1.54) is 6.08 Å². The lowest BCUT2D eigenvalue weighted by molar-refractivity contribution is -0.152. The molecule has 0 heterocycles. The largest absolute Gasteiger partial charge is 0.346 e. The number of ketones is 1. The van der Waals surface area contributed by atoms with E-state index in [2.05, 4.69) is 0 Å². The molecule has 0 bridgehead atoms. The summed E-state index contributed by atoms with van der Waals surface area (Å²) in [6.45, 7) is 6.08. The third-order valence-corrected chi connectivity index (χ3v) is 2.54. The Kier molecular flexibility index (Phi) is 3.16. The standard InChI is InChI=1S/C12H18O3/c1-11(2,3)10-8-9(13)6-7-12(10,14-4)15-5/h6-8H,1-5H3. The molecule has 0 aromatic rings. The van der Waals surface area contributed by atoms with Crippen molar-refractivity contribution in [3.8, 4) is 0 Å². The molecule has 3 nitrogen and oxygen atoms in total. The van der Waals surface area contributed by atoms with Crippen molar-refractivity contribution in [1.29, 1.82) is 0 Å². The van der Waals surface area contributed by atoms with E-state index < -0.39 is 5.79 Å². The van der Waals surface area contributed by atoms with Crippen molar-refractivity contribution < 1.29 is 14.3 Å². The molecule has 84 valence electrons. The fourth-order valence-corrected chi connectivity index (χ4v) is 1.75. The van der Waals surface area contributed by atoms with Gasteiger partial charge < -0.3 is 9.47 Å². The van der Waals surface area contributed by atoms with E-state index in [0.717, 1.165) is 5.57 Å². The van der Waals surface area contributed by atoms with Gasteiger partial charge in [0.25, 0.3) is 0 Å². The molecule has 0 aromatic heterocycles. The molecule has 0 unspecified atom stereocenters. The summed E-state index contributed by atoms with van der Waals surface area (Å²) < 4.78 is 10.8. The van der Waals surface area contributed by atoms with Crippen LogP contribution in [0.3, 0.4) is 0 Å². The number of hydrogen-bond acceptors (Lipinski definition) is 3. The predicted octanol–water partition coefficient (Wildman–Crippen LogP) is 2.09. The zero-order valence-electron chi connectivity index (χ0n) is 9.96. The average Bonchev–Trinajstić information content (AvgIpc) is 2.17. The van der Waals surface area contributed by atoms with Crippen LogP contribution in [0.25, 0.3) is 0 Å². The molecule has 0 spiro atoms. The van der Waals surface area contributed by atoms with Gasteiger partial charge in [-0.15, -0.1) is 0 Å². The van der Waals surface area contributed by atoms with Gasteiger partial charge in [0, 0.05) is 19.8 Å². The maximum atomic E-state index is 11.4. The van der Waals surface area contributed by atoms with Gasteiger partial charge in [0.05, 0.1) is 0 Å². The first kappa shape index (κ1) is 12.1. The molecule has 0 amide bonds. The molecule has 0 radical (unpaired) electrons. The van der Waals surface area contributed by atoms with Gasteiger partial charge in [-0.3, -0.25) is 4.79 Å². The highest BCUT2D eigenvalue weighted by atomic mass is 16.7. The second-order valence-corrected chi connectivity index (χ2v) is 4.62. The smallest absolute Gasteiger partial charge is 0.211 e. The minimum Gasteiger partial charge on any atom is -0.346 e. The maximum Gasteiger partial charge on any atom is 0.211 e. The Morgan fingerprint density at radius 3 is 2.13 bits per heavy atom. The number of carbonyl (C=O) groups is 1. The van der Waals surface area contributed by atoms with Gasteiger partial charge in [-0.1, -0.05) is 20.8 Å². The van der Waals surface area contributed by atoms with Crippen LogP contribution in [-0.4, -0.2) is 25.8 Å². The molecule has 1 aliphatic rings. The first-order chi connectivity index (χ1) is 6.85. The summed E-state index contributed by atoms with van der Waals surface area (Å²) in [6.07, 6.45) is 4.73. The average molecular weight is 210 g/mol. The van der Waals surface area contributed by atoms with Crippen molar-refractivity contribution in [2.45, 2.75) is 26.6 Å². The fourth-order valence-electron chi connectivity index (χ4n) is 1.75. The molecule has 1 aliphatic carbocycles. The highest BCUT2D eigenvalue weighted by molar-refractivity contribution is 6.01. The lowest BCUT2D eigenvalue weighted by Crippen LogP contribution is -2.41. The van der Waals surface area contributed by atoms with Gasteiger partial charge >= 0.3 is 0 Å². The Balaban J connectivity index is 3.23. The van der Waals surface area contributed by atoms with Crippen molar-refractivity contribution in [2.24, 2.45) is 5.41 Å². The number of methoxy groups -OCH3 is 2. The van der Waals surface area contributed by atoms with Gasteiger partial charge in [0.1, 0.15) is 0 Å². The first-order valence-corrected chi connectivity index (χ1v) is 4.92. The van der Waals surface area contributed by atoms with Gasteiger partial charge in [-0.2, -0.15) is 0 Å². The van der Waals surface area contributed by atoms with Gasteiger partial charge in [-0.25, -0.2) is 0 Å². The molecular formula is C12H18O3. The molecule has 0 N–H and O–H groups in total. The molecule has 0 aliphatic heterocycles. The molecule has 0 fully saturated rings. The number of ether oxygens (including phenoxy) is 2. The van der Waals surface area contributed by atoms with E-state index in [0.29, 0.717) is 0 Å². The number of hydrogen-bond donors (Lipinski definition) is 0. The van der Waals surface area contributed by atoms with Crippen LogP contribution < -0.4 is 0 Å². The summed E-state index contributed by atoms with van der Waals surface area (Å²) in [5, 5.41) is 0. The Morgan fingerprint density at radius 2 is 1.73 bits per heavy atom. The van der Waals surface area contributed by atoms with E-state index in [9.17, 15) is 4.79 Å². The van der Waals surface area contributed by atoms with Crippen molar-refractivity contribution in [1.82, 2.24) is 0 Å². The summed E-state index contributed by atoms with van der Waals surface area (Å²) in [5.74, 6) is -0.920. The monoisotopic (exact) mass is 210 g/mol. The fraction of sp³-hybridized carbons (Fsp3) is 0.583. The van der Waals surface area contributed by atoms with E-state index >= 15 is 0 Å². The number of allylic oxidation sites excluding steroid dienone is 2.